The van der Waals surface area contributed by atoms with E-state index < -0.39 is 12.0 Å². The second-order valence-electron chi connectivity index (χ2n) is 7.74. The predicted octanol–water partition coefficient (Wildman–Crippen LogP) is 3.60. The van der Waals surface area contributed by atoms with Gasteiger partial charge in [-0.2, -0.15) is 0 Å². The molecule has 0 saturated carbocycles. The summed E-state index contributed by atoms with van der Waals surface area (Å²) in [6.07, 6.45) is 1.63. The van der Waals surface area contributed by atoms with Gasteiger partial charge in [-0.05, 0) is 72.3 Å². The summed E-state index contributed by atoms with van der Waals surface area (Å²) in [4.78, 5) is 31.7. The van der Waals surface area contributed by atoms with Crippen LogP contribution in [0.25, 0.3) is 6.08 Å². The van der Waals surface area contributed by atoms with Crippen LogP contribution in [0.4, 0.5) is 0 Å². The van der Waals surface area contributed by atoms with Crippen LogP contribution in [0.1, 0.15) is 31.0 Å². The second-order valence-corrected chi connectivity index (χ2v) is 10.8. The number of fused-ring (bicyclic) bond motifs is 2. The van der Waals surface area contributed by atoms with E-state index in [1.165, 1.54) is 15.9 Å². The number of ether oxygens (including phenoxy) is 3. The van der Waals surface area contributed by atoms with E-state index in [0.29, 0.717) is 41.2 Å². The summed E-state index contributed by atoms with van der Waals surface area (Å²) in [6.45, 7) is 3.75. The normalized spacial score (nSPS) is 16.8. The minimum Gasteiger partial charge on any atom is -0.506 e. The van der Waals surface area contributed by atoms with Crippen molar-refractivity contribution in [3.8, 4) is 17.2 Å². The number of hydrogen-bond acceptors (Lipinski definition) is 8. The van der Waals surface area contributed by atoms with E-state index in [2.05, 4.69) is 20.9 Å². The maximum Gasteiger partial charge on any atom is 0.338 e. The van der Waals surface area contributed by atoms with Crippen LogP contribution in [0.3, 0.4) is 0 Å². The van der Waals surface area contributed by atoms with E-state index >= 15 is 0 Å². The predicted molar refractivity (Wildman–Crippen MR) is 141 cm³/mol. The fourth-order valence-corrected chi connectivity index (χ4v) is 6.62. The highest BCUT2D eigenvalue weighted by atomic mass is 127. The molecule has 2 aliphatic rings. The van der Waals surface area contributed by atoms with Crippen molar-refractivity contribution in [2.75, 3.05) is 13.4 Å². The fourth-order valence-electron chi connectivity index (χ4n) is 4.03. The Balaban J connectivity index is 1.75. The Kier molecular flexibility index (Phi) is 6.49. The van der Waals surface area contributed by atoms with Crippen molar-refractivity contribution in [3.05, 3.63) is 80.5 Å². The maximum atomic E-state index is 13.7. The van der Waals surface area contributed by atoms with Gasteiger partial charge in [-0.1, -0.05) is 33.3 Å². The zero-order valence-electron chi connectivity index (χ0n) is 18.5. The number of carbonyl (C=O) groups excluding carboxylic acids is 1. The van der Waals surface area contributed by atoms with Crippen LogP contribution in [0, 0.1) is 3.57 Å². The van der Waals surface area contributed by atoms with E-state index in [0.717, 1.165) is 4.47 Å². The van der Waals surface area contributed by atoms with Crippen LogP contribution in [-0.4, -0.2) is 29.0 Å². The van der Waals surface area contributed by atoms with Gasteiger partial charge in [-0.15, -0.1) is 0 Å². The van der Waals surface area contributed by atoms with Crippen molar-refractivity contribution < 1.29 is 24.1 Å². The third kappa shape index (κ3) is 4.29. The van der Waals surface area contributed by atoms with Crippen molar-refractivity contribution in [1.82, 2.24) is 4.57 Å². The molecule has 1 N–H and O–H groups in total. The van der Waals surface area contributed by atoms with Gasteiger partial charge in [0.05, 0.1) is 32.0 Å². The molecule has 0 amide bonds. The molecule has 0 fully saturated rings. The van der Waals surface area contributed by atoms with E-state index in [1.54, 1.807) is 50.3 Å². The van der Waals surface area contributed by atoms with Crippen molar-refractivity contribution in [2.24, 2.45) is 4.99 Å². The van der Waals surface area contributed by atoms with Crippen molar-refractivity contribution in [3.63, 3.8) is 0 Å². The molecule has 3 heterocycles. The average molecular weight is 669 g/mol. The molecule has 0 spiro atoms. The third-order valence-corrected chi connectivity index (χ3v) is 7.84. The molecule has 2 aliphatic heterocycles. The first-order chi connectivity index (χ1) is 16.8. The largest absolute Gasteiger partial charge is 0.506 e. The Bertz CT molecular complexity index is 1590. The lowest BCUT2D eigenvalue weighted by atomic mass is 9.95. The number of hydrogen-bond donors (Lipinski definition) is 1. The van der Waals surface area contributed by atoms with Crippen LogP contribution in [0.5, 0.6) is 17.2 Å². The van der Waals surface area contributed by atoms with Gasteiger partial charge in [0.2, 0.25) is 6.79 Å². The molecule has 0 aliphatic carbocycles. The molecule has 8 nitrogen and oxygen atoms in total. The lowest BCUT2D eigenvalue weighted by molar-refractivity contribution is -0.139. The van der Waals surface area contributed by atoms with Crippen LogP contribution in [0.15, 0.2) is 55.9 Å². The molecule has 2 aromatic carbocycles. The summed E-state index contributed by atoms with van der Waals surface area (Å²) >= 11 is 6.65. The highest BCUT2D eigenvalue weighted by molar-refractivity contribution is 14.1. The first-order valence-electron chi connectivity index (χ1n) is 10.6. The van der Waals surface area contributed by atoms with Gasteiger partial charge in [0.1, 0.15) is 5.75 Å². The number of halogens is 2. The Hall–Kier alpha value is -2.64. The molecule has 180 valence electrons. The van der Waals surface area contributed by atoms with E-state index in [1.807, 2.05) is 22.6 Å². The Morgan fingerprint density at radius 1 is 1.34 bits per heavy atom. The number of thiazole rings is 1. The second kappa shape index (κ2) is 9.43. The highest BCUT2D eigenvalue weighted by Crippen LogP contribution is 2.38. The van der Waals surface area contributed by atoms with Crippen LogP contribution >= 0.6 is 49.9 Å². The lowest BCUT2D eigenvalue weighted by Crippen LogP contribution is -2.39. The van der Waals surface area contributed by atoms with Gasteiger partial charge in [-0.3, -0.25) is 9.36 Å². The number of aromatic hydroxyl groups is 1. The lowest BCUT2D eigenvalue weighted by Gasteiger charge is -2.24. The van der Waals surface area contributed by atoms with Crippen LogP contribution < -0.4 is 24.4 Å². The third-order valence-electron chi connectivity index (χ3n) is 5.57. The molecular formula is C24H18BrIN2O6S. The smallest absolute Gasteiger partial charge is 0.338 e. The topological polar surface area (TPSA) is 99.4 Å². The van der Waals surface area contributed by atoms with Gasteiger partial charge in [0, 0.05) is 10.0 Å². The summed E-state index contributed by atoms with van der Waals surface area (Å²) < 4.78 is 19.6. The number of phenols is 1. The molecule has 5 rings (SSSR count). The first kappa shape index (κ1) is 24.1. The molecule has 1 atom stereocenters. The minimum atomic E-state index is -0.766. The molecule has 0 bridgehead atoms. The Labute approximate surface area is 225 Å². The Morgan fingerprint density at radius 3 is 2.89 bits per heavy atom. The maximum absolute atomic E-state index is 13.7. The summed E-state index contributed by atoms with van der Waals surface area (Å²) in [5, 5.41) is 10.5. The highest BCUT2D eigenvalue weighted by Gasteiger charge is 2.34. The molecule has 3 aromatic rings. The van der Waals surface area contributed by atoms with Crippen molar-refractivity contribution in [2.45, 2.75) is 19.9 Å². The number of nitrogens with zero attached hydrogens (tertiary/aromatic N) is 2. The zero-order valence-corrected chi connectivity index (χ0v) is 23.1. The Morgan fingerprint density at radius 2 is 2.11 bits per heavy atom. The number of phenolic OH excluding ortho intramolecular Hbond substituents is 1. The average Bonchev–Trinajstić information content (AvgIpc) is 3.40. The van der Waals surface area contributed by atoms with Crippen molar-refractivity contribution >= 4 is 61.9 Å². The number of benzene rings is 2. The summed E-state index contributed by atoms with van der Waals surface area (Å²) in [7, 11) is 0. The monoisotopic (exact) mass is 668 g/mol. The summed E-state index contributed by atoms with van der Waals surface area (Å²) in [5.74, 6) is 0.677. The van der Waals surface area contributed by atoms with E-state index in [-0.39, 0.29) is 30.3 Å². The number of aromatic nitrogens is 1. The van der Waals surface area contributed by atoms with E-state index in [9.17, 15) is 14.7 Å². The molecular weight excluding hydrogens is 651 g/mol. The number of esters is 1. The fraction of sp³-hybridized carbons (Fsp3) is 0.208. The number of rotatable bonds is 4. The zero-order chi connectivity index (χ0) is 24.9. The summed E-state index contributed by atoms with van der Waals surface area (Å²) in [6, 6.07) is 8.08. The minimum absolute atomic E-state index is 0.0790. The van der Waals surface area contributed by atoms with Gasteiger partial charge >= 0.3 is 5.97 Å². The number of carbonyl (C=O) groups is 1. The molecule has 0 saturated heterocycles. The van der Waals surface area contributed by atoms with Crippen molar-refractivity contribution in [1.29, 1.82) is 0 Å². The molecule has 0 radical (unpaired) electrons. The SMILES string of the molecule is CCOC(=O)C1=C(C)N=c2s/c(=C\c3cc(Br)cc(I)c3O)c(=O)n2[C@H]1c1ccc2c(c1)OCO2. The molecule has 11 heteroatoms. The van der Waals surface area contributed by atoms with Gasteiger partial charge < -0.3 is 19.3 Å². The van der Waals surface area contributed by atoms with Gasteiger partial charge in [0.15, 0.2) is 16.3 Å². The summed E-state index contributed by atoms with van der Waals surface area (Å²) in [5.41, 5.74) is 1.58. The first-order valence-corrected chi connectivity index (χ1v) is 13.2. The van der Waals surface area contributed by atoms with Gasteiger partial charge in [-0.25, -0.2) is 9.79 Å². The number of allylic oxidation sites excluding steroid dienone is 1. The molecule has 0 unspecified atom stereocenters. The molecule has 1 aromatic heterocycles. The van der Waals surface area contributed by atoms with Crippen LogP contribution in [-0.2, 0) is 9.53 Å². The van der Waals surface area contributed by atoms with E-state index in [4.69, 9.17) is 14.2 Å². The molecule has 35 heavy (non-hydrogen) atoms. The van der Waals surface area contributed by atoms with Gasteiger partial charge in [0.25, 0.3) is 5.56 Å². The quantitative estimate of drug-likeness (QED) is 0.337. The van der Waals surface area contributed by atoms with Crippen LogP contribution in [0.2, 0.25) is 0 Å². The standard InChI is InChI=1S/C24H18BrIN2O6S/c1-3-32-23(31)19-11(2)27-24-28(20(19)12-4-5-16-17(7-12)34-10-33-16)22(30)18(35-24)8-13-6-14(25)9-15(26)21(13)29/h4-9,20,29H,3,10H2,1-2H3/b18-8-/t20-/m0/s1.